The second-order valence-corrected chi connectivity index (χ2v) is 8.34. The molecule has 0 fully saturated rings. The first-order valence-corrected chi connectivity index (χ1v) is 10.4. The molecule has 0 amide bonds. The Labute approximate surface area is 165 Å². The maximum Gasteiger partial charge on any atom is 0.276 e. The van der Waals surface area contributed by atoms with Crippen molar-refractivity contribution in [3.05, 3.63) is 86.2 Å². The van der Waals surface area contributed by atoms with Gasteiger partial charge in [0.05, 0.1) is 11.2 Å². The molecule has 0 aliphatic heterocycles. The van der Waals surface area contributed by atoms with Gasteiger partial charge in [-0.25, -0.2) is 9.37 Å². The van der Waals surface area contributed by atoms with Crippen molar-refractivity contribution in [2.45, 2.75) is 10.9 Å². The average Bonchev–Trinajstić information content (AvgIpc) is 3.11. The van der Waals surface area contributed by atoms with E-state index in [9.17, 15) is 9.18 Å². The predicted octanol–water partition coefficient (Wildman–Crippen LogP) is 5.64. The molecule has 0 spiro atoms. The van der Waals surface area contributed by atoms with E-state index in [4.69, 9.17) is 0 Å². The summed E-state index contributed by atoms with van der Waals surface area (Å²) in [5, 5.41) is 2.49. The van der Waals surface area contributed by atoms with Crippen molar-refractivity contribution < 1.29 is 4.39 Å². The second kappa shape index (κ2) is 7.34. The van der Waals surface area contributed by atoms with E-state index in [-0.39, 0.29) is 11.4 Å². The van der Waals surface area contributed by atoms with Gasteiger partial charge < -0.3 is 0 Å². The lowest BCUT2D eigenvalue weighted by molar-refractivity contribution is 0.627. The van der Waals surface area contributed by atoms with Crippen LogP contribution in [-0.2, 0) is 5.75 Å². The Morgan fingerprint density at radius 2 is 1.81 bits per heavy atom. The fourth-order valence-electron chi connectivity index (χ4n) is 2.54. The van der Waals surface area contributed by atoms with Crippen molar-refractivity contribution in [2.24, 2.45) is 0 Å². The highest BCUT2D eigenvalue weighted by Gasteiger charge is 2.14. The minimum atomic E-state index is -0.261. The Bertz CT molecular complexity index is 1120. The van der Waals surface area contributed by atoms with Gasteiger partial charge in [0.1, 0.15) is 10.5 Å². The van der Waals surface area contributed by atoms with Crippen LogP contribution in [0.3, 0.4) is 0 Å². The normalized spacial score (nSPS) is 11.2. The Morgan fingerprint density at radius 1 is 1.08 bits per heavy atom. The molecule has 0 aliphatic rings. The third-order valence-electron chi connectivity index (χ3n) is 3.82. The summed E-state index contributed by atoms with van der Waals surface area (Å²) >= 11 is 6.27. The molecule has 0 saturated carbocycles. The van der Waals surface area contributed by atoms with Crippen LogP contribution in [0.1, 0.15) is 5.56 Å². The smallest absolute Gasteiger partial charge is 0.267 e. The summed E-state index contributed by atoms with van der Waals surface area (Å²) in [5.41, 5.74) is 2.37. The number of fused-ring (bicyclic) bond motifs is 1. The Kier molecular flexibility index (Phi) is 4.93. The maximum atomic E-state index is 13.1. The zero-order valence-electron chi connectivity index (χ0n) is 13.4. The van der Waals surface area contributed by atoms with Crippen LogP contribution < -0.4 is 5.56 Å². The molecular weight excluding hydrogens is 435 g/mol. The molecule has 2 aromatic carbocycles. The van der Waals surface area contributed by atoms with Crippen LogP contribution in [0, 0.1) is 5.82 Å². The van der Waals surface area contributed by atoms with E-state index in [2.05, 4.69) is 20.9 Å². The lowest BCUT2D eigenvalue weighted by Crippen LogP contribution is -2.20. The van der Waals surface area contributed by atoms with E-state index in [1.807, 2.05) is 35.7 Å². The number of halogens is 2. The van der Waals surface area contributed by atoms with Gasteiger partial charge in [-0.05, 0) is 53.4 Å². The Morgan fingerprint density at radius 3 is 2.54 bits per heavy atom. The average molecular weight is 447 g/mol. The van der Waals surface area contributed by atoms with E-state index < -0.39 is 0 Å². The first kappa shape index (κ1) is 17.5. The number of thiophene rings is 1. The molecule has 130 valence electrons. The van der Waals surface area contributed by atoms with Crippen molar-refractivity contribution in [3.63, 3.8) is 0 Å². The number of rotatable bonds is 4. The van der Waals surface area contributed by atoms with Gasteiger partial charge in [-0.1, -0.05) is 39.8 Å². The van der Waals surface area contributed by atoms with Gasteiger partial charge in [-0.15, -0.1) is 11.3 Å². The Balaban J connectivity index is 1.79. The zero-order valence-corrected chi connectivity index (χ0v) is 16.6. The zero-order chi connectivity index (χ0) is 18.1. The monoisotopic (exact) mass is 446 g/mol. The van der Waals surface area contributed by atoms with Crippen molar-refractivity contribution in [3.8, 4) is 5.69 Å². The van der Waals surface area contributed by atoms with Crippen LogP contribution in [0.2, 0.25) is 0 Å². The molecular formula is C19H12BrFN2OS2. The number of benzene rings is 2. The van der Waals surface area contributed by atoms with Crippen LogP contribution >= 0.6 is 39.0 Å². The van der Waals surface area contributed by atoms with Crippen LogP contribution in [0.15, 0.2) is 74.4 Å². The minimum absolute atomic E-state index is 0.0751. The molecule has 2 aromatic heterocycles. The van der Waals surface area contributed by atoms with Gasteiger partial charge in [0, 0.05) is 10.2 Å². The van der Waals surface area contributed by atoms with E-state index in [1.54, 1.807) is 16.7 Å². The number of nitrogens with zero attached hydrogens (tertiary/aromatic N) is 2. The summed E-state index contributed by atoms with van der Waals surface area (Å²) in [6.45, 7) is 0. The first-order chi connectivity index (χ1) is 12.6. The number of thioether (sulfide) groups is 1. The molecule has 3 nitrogen and oxygen atoms in total. The van der Waals surface area contributed by atoms with Gasteiger partial charge in [-0.3, -0.25) is 9.36 Å². The largest absolute Gasteiger partial charge is 0.276 e. The van der Waals surface area contributed by atoms with Crippen LogP contribution in [-0.4, -0.2) is 9.55 Å². The molecule has 2 heterocycles. The third-order valence-corrected chi connectivity index (χ3v) is 6.25. The topological polar surface area (TPSA) is 34.9 Å². The summed E-state index contributed by atoms with van der Waals surface area (Å²) in [7, 11) is 0. The fourth-order valence-corrected chi connectivity index (χ4v) is 4.53. The SMILES string of the molecule is O=c1c2sccc2nc(SCc2ccc(F)cc2)n1-c1ccc(Br)cc1. The molecule has 0 N–H and O–H groups in total. The maximum absolute atomic E-state index is 13.1. The highest BCUT2D eigenvalue weighted by molar-refractivity contribution is 9.10. The van der Waals surface area contributed by atoms with Gasteiger partial charge in [0.15, 0.2) is 5.16 Å². The molecule has 0 aliphatic carbocycles. The van der Waals surface area contributed by atoms with Crippen molar-refractivity contribution in [2.75, 3.05) is 0 Å². The first-order valence-electron chi connectivity index (χ1n) is 7.75. The van der Waals surface area contributed by atoms with Crippen LogP contribution in [0.5, 0.6) is 0 Å². The summed E-state index contributed by atoms with van der Waals surface area (Å²) in [6.07, 6.45) is 0. The minimum Gasteiger partial charge on any atom is -0.267 e. The highest BCUT2D eigenvalue weighted by Crippen LogP contribution is 2.26. The number of hydrogen-bond acceptors (Lipinski definition) is 4. The highest BCUT2D eigenvalue weighted by atomic mass is 79.9. The third kappa shape index (κ3) is 3.47. The van der Waals surface area contributed by atoms with Gasteiger partial charge in [0.2, 0.25) is 0 Å². The number of hydrogen-bond donors (Lipinski definition) is 0. The van der Waals surface area contributed by atoms with Gasteiger partial charge >= 0.3 is 0 Å². The van der Waals surface area contributed by atoms with Crippen molar-refractivity contribution >= 4 is 49.2 Å². The molecule has 4 aromatic rings. The summed E-state index contributed by atoms with van der Waals surface area (Å²) in [4.78, 5) is 17.7. The van der Waals surface area contributed by atoms with Gasteiger partial charge in [-0.2, -0.15) is 0 Å². The fraction of sp³-hybridized carbons (Fsp3) is 0.0526. The lowest BCUT2D eigenvalue weighted by Gasteiger charge is -2.12. The molecule has 0 unspecified atom stereocenters. The molecule has 0 atom stereocenters. The van der Waals surface area contributed by atoms with Crippen molar-refractivity contribution in [1.29, 1.82) is 0 Å². The molecule has 26 heavy (non-hydrogen) atoms. The molecule has 7 heteroatoms. The quantitative estimate of drug-likeness (QED) is 0.300. The molecule has 4 rings (SSSR count). The summed E-state index contributed by atoms with van der Waals surface area (Å²) in [6, 6.07) is 15.8. The van der Waals surface area contributed by atoms with E-state index in [1.165, 1.54) is 35.2 Å². The lowest BCUT2D eigenvalue weighted by atomic mass is 10.2. The summed E-state index contributed by atoms with van der Waals surface area (Å²) in [5.74, 6) is 0.335. The van der Waals surface area contributed by atoms with E-state index >= 15 is 0 Å². The van der Waals surface area contributed by atoms with E-state index in [0.29, 0.717) is 21.1 Å². The van der Waals surface area contributed by atoms with Gasteiger partial charge in [0.25, 0.3) is 5.56 Å². The standard InChI is InChI=1S/C19H12BrFN2OS2/c20-13-3-7-15(8-4-13)23-18(24)17-16(9-10-25-17)22-19(23)26-11-12-1-5-14(21)6-2-12/h1-10H,11H2. The molecule has 0 bridgehead atoms. The summed E-state index contributed by atoms with van der Waals surface area (Å²) < 4.78 is 16.3. The van der Waals surface area contributed by atoms with E-state index in [0.717, 1.165) is 15.7 Å². The molecule has 0 saturated heterocycles. The predicted molar refractivity (Wildman–Crippen MR) is 109 cm³/mol. The Hall–Kier alpha value is -1.96. The van der Waals surface area contributed by atoms with Crippen molar-refractivity contribution in [1.82, 2.24) is 9.55 Å². The molecule has 0 radical (unpaired) electrons. The second-order valence-electron chi connectivity index (χ2n) is 5.56. The van der Waals surface area contributed by atoms with Crippen LogP contribution in [0.4, 0.5) is 4.39 Å². The van der Waals surface area contributed by atoms with Crippen LogP contribution in [0.25, 0.3) is 15.9 Å². The number of aromatic nitrogens is 2.